The molecule has 13 N–H and O–H groups in total. The summed E-state index contributed by atoms with van der Waals surface area (Å²) < 4.78 is 23.1. The summed E-state index contributed by atoms with van der Waals surface area (Å²) in [6, 6.07) is -1.15. The third-order valence-corrected chi connectivity index (χ3v) is 12.0. The largest absolute Gasteiger partial charge is 0.481 e. The van der Waals surface area contributed by atoms with Gasteiger partial charge < -0.3 is 80.9 Å². The predicted molar refractivity (Wildman–Crippen MR) is 237 cm³/mol. The van der Waals surface area contributed by atoms with E-state index in [1.807, 2.05) is 19.1 Å². The number of aliphatic carboxylic acids is 1. The zero-order chi connectivity index (χ0) is 48.4. The van der Waals surface area contributed by atoms with E-state index >= 15 is 0 Å². The van der Waals surface area contributed by atoms with E-state index in [0.29, 0.717) is 0 Å². The minimum atomic E-state index is -2.33. The molecule has 65 heavy (non-hydrogen) atoms. The maximum atomic E-state index is 12.6. The van der Waals surface area contributed by atoms with Crippen LogP contribution < -0.4 is 5.73 Å². The van der Waals surface area contributed by atoms with E-state index in [2.05, 4.69) is 0 Å². The topological polar surface area (TPSA) is 320 Å². The molecule has 0 saturated carbocycles. The van der Waals surface area contributed by atoms with Gasteiger partial charge in [0.15, 0.2) is 12.1 Å². The fourth-order valence-corrected chi connectivity index (χ4v) is 7.97. The van der Waals surface area contributed by atoms with Gasteiger partial charge in [-0.05, 0) is 33.1 Å². The molecule has 2 unspecified atom stereocenters. The summed E-state index contributed by atoms with van der Waals surface area (Å²) in [6.07, 6.45) is 3.46. The van der Waals surface area contributed by atoms with Crippen molar-refractivity contribution in [2.75, 3.05) is 0 Å². The van der Waals surface area contributed by atoms with Gasteiger partial charge in [0.2, 0.25) is 0 Å². The van der Waals surface area contributed by atoms with Crippen LogP contribution in [0.3, 0.4) is 0 Å². The predicted octanol–water partition coefficient (Wildman–Crippen LogP) is 0.712. The Hall–Kier alpha value is -3.44. The van der Waals surface area contributed by atoms with E-state index in [-0.39, 0.29) is 31.6 Å². The molecule has 3 aliphatic rings. The first-order valence-corrected chi connectivity index (χ1v) is 22.3. The number of ether oxygens (including phenoxy) is 4. The molecule has 0 aliphatic carbocycles. The lowest BCUT2D eigenvalue weighted by atomic mass is 9.82. The molecular formula is C47H73NO17. The molecule has 2 fully saturated rings. The Balaban J connectivity index is 1.86. The number of rotatable bonds is 3. The zero-order valence-corrected chi connectivity index (χ0v) is 37.6. The highest BCUT2D eigenvalue weighted by molar-refractivity contribution is 5.71. The maximum absolute atomic E-state index is 12.6. The van der Waals surface area contributed by atoms with Crippen molar-refractivity contribution in [1.29, 1.82) is 0 Å². The molecule has 0 spiro atoms. The van der Waals surface area contributed by atoms with Crippen molar-refractivity contribution in [1.82, 2.24) is 0 Å². The number of fused-ring (bicyclic) bond motifs is 2. The van der Waals surface area contributed by atoms with Gasteiger partial charge in [-0.3, -0.25) is 9.59 Å². The molecule has 3 heterocycles. The molecule has 2 bridgehead atoms. The number of aliphatic hydroxyl groups is 10. The van der Waals surface area contributed by atoms with E-state index in [1.165, 1.54) is 13.0 Å². The van der Waals surface area contributed by atoms with E-state index in [9.17, 15) is 65.8 Å². The zero-order valence-electron chi connectivity index (χ0n) is 37.6. The van der Waals surface area contributed by atoms with Gasteiger partial charge in [0.05, 0.1) is 79.6 Å². The van der Waals surface area contributed by atoms with Crippen LogP contribution >= 0.6 is 0 Å². The van der Waals surface area contributed by atoms with Crippen molar-refractivity contribution in [2.24, 2.45) is 23.5 Å². The van der Waals surface area contributed by atoms with Gasteiger partial charge in [-0.25, -0.2) is 0 Å². The summed E-state index contributed by atoms with van der Waals surface area (Å²) in [5.41, 5.74) is 6.02. The molecule has 18 heteroatoms. The Morgan fingerprint density at radius 3 is 1.82 bits per heavy atom. The maximum Gasteiger partial charge on any atom is 0.311 e. The standard InChI is InChI=1S/C47H73NO17/c1-27-17-15-13-11-9-7-5-6-8-10-12-14-16-18-34(64-46-44(58)41(48)43(57)30(4)63-46)24-38-40(45(59)60)37(54)26-47(61,65-38)25-33(51)22-36(53)35(52)20-19-31(49)21-32(50)23-39(55)62-29(3)28(2)42(27)56/h5-18,27-38,40-44,46,49-54,56-58,61H,19-26,48H2,1-4H3,(H,59,60)/b6-5+,9-7+,10-8+,13-11+,14-12+,17-15+,18-16+/t27-,28-,29-,30-,31+,32+,33-,34-,35+,36+,37-,38-,40+,41?,42+,43+,44?,46-,47+/m0/s1. The van der Waals surface area contributed by atoms with Gasteiger partial charge in [-0.1, -0.05) is 98.9 Å². The molecule has 0 aromatic rings. The summed E-state index contributed by atoms with van der Waals surface area (Å²) in [6.45, 7) is 6.74. The van der Waals surface area contributed by atoms with Crippen molar-refractivity contribution in [3.63, 3.8) is 0 Å². The van der Waals surface area contributed by atoms with Gasteiger partial charge in [0.25, 0.3) is 0 Å². The van der Waals surface area contributed by atoms with E-state index in [0.717, 1.165) is 0 Å². The number of allylic oxidation sites excluding steroid dienone is 12. The van der Waals surface area contributed by atoms with Crippen LogP contribution in [0.2, 0.25) is 0 Å². The third kappa shape index (κ3) is 18.6. The van der Waals surface area contributed by atoms with Crippen LogP contribution in [-0.4, -0.2) is 166 Å². The molecule has 2 saturated heterocycles. The molecule has 19 atom stereocenters. The summed E-state index contributed by atoms with van der Waals surface area (Å²) >= 11 is 0. The van der Waals surface area contributed by atoms with Crippen molar-refractivity contribution in [2.45, 2.75) is 177 Å². The second-order valence-corrected chi connectivity index (χ2v) is 17.6. The Morgan fingerprint density at radius 2 is 1.23 bits per heavy atom. The van der Waals surface area contributed by atoms with Crippen LogP contribution in [-0.2, 0) is 28.5 Å². The minimum Gasteiger partial charge on any atom is -0.481 e. The number of hydrogen-bond donors (Lipinski definition) is 12. The Morgan fingerprint density at radius 1 is 0.662 bits per heavy atom. The average Bonchev–Trinajstić information content (AvgIpc) is 3.21. The summed E-state index contributed by atoms with van der Waals surface area (Å²) in [7, 11) is 0. The lowest BCUT2D eigenvalue weighted by Gasteiger charge is -2.45. The smallest absolute Gasteiger partial charge is 0.311 e. The number of nitrogens with two attached hydrogens (primary N) is 1. The summed E-state index contributed by atoms with van der Waals surface area (Å²) in [4.78, 5) is 25.1. The number of cyclic esters (lactones) is 1. The molecule has 18 nitrogen and oxygen atoms in total. The van der Waals surface area contributed by atoms with Gasteiger partial charge >= 0.3 is 11.9 Å². The first-order valence-electron chi connectivity index (χ1n) is 22.3. The molecule has 0 amide bonds. The number of carboxylic acids is 1. The Bertz CT molecular complexity index is 1670. The summed E-state index contributed by atoms with van der Waals surface area (Å²) in [5, 5.41) is 118. The number of carboxylic acid groups (broad SMARTS) is 1. The lowest BCUT2D eigenvalue weighted by molar-refractivity contribution is -0.308. The summed E-state index contributed by atoms with van der Waals surface area (Å²) in [5.74, 6) is -6.83. The monoisotopic (exact) mass is 923 g/mol. The normalized spacial score (nSPS) is 45.5. The number of hydrogen-bond acceptors (Lipinski definition) is 17. The van der Waals surface area contributed by atoms with Gasteiger partial charge in [-0.15, -0.1) is 0 Å². The average molecular weight is 924 g/mol. The Labute approximate surface area is 381 Å². The quantitative estimate of drug-likeness (QED) is 0.174. The number of carbonyl (C=O) groups is 2. The van der Waals surface area contributed by atoms with E-state index in [1.54, 1.807) is 80.7 Å². The van der Waals surface area contributed by atoms with Crippen LogP contribution in [0.5, 0.6) is 0 Å². The van der Waals surface area contributed by atoms with Crippen molar-refractivity contribution < 1.29 is 84.7 Å². The van der Waals surface area contributed by atoms with Crippen LogP contribution in [0, 0.1) is 17.8 Å². The van der Waals surface area contributed by atoms with Crippen LogP contribution in [0.25, 0.3) is 0 Å². The van der Waals surface area contributed by atoms with E-state index in [4.69, 9.17) is 24.7 Å². The van der Waals surface area contributed by atoms with Crippen molar-refractivity contribution in [3.8, 4) is 0 Å². The number of esters is 1. The highest BCUT2D eigenvalue weighted by Crippen LogP contribution is 2.38. The highest BCUT2D eigenvalue weighted by atomic mass is 16.7. The van der Waals surface area contributed by atoms with Crippen LogP contribution in [0.1, 0.15) is 79.1 Å². The minimum absolute atomic E-state index is 0.107. The molecule has 0 aromatic carbocycles. The first-order chi connectivity index (χ1) is 30.6. The first kappa shape index (κ1) is 55.9. The lowest BCUT2D eigenvalue weighted by Crippen LogP contribution is -2.61. The molecule has 368 valence electrons. The number of carbonyl (C=O) groups excluding carboxylic acids is 1. The van der Waals surface area contributed by atoms with Gasteiger partial charge in [0.1, 0.15) is 18.1 Å². The second kappa shape index (κ2) is 27.4. The van der Waals surface area contributed by atoms with Crippen LogP contribution in [0.4, 0.5) is 0 Å². The SMILES string of the molecule is C[C@@H]1[C@H](O)[C@@H](C)/C=C/C=C/C=C/C=C/C=C/C=C/C=C/[C@H](O[C@@H]2O[C@@H](C)[C@@H](O)C(N)C2O)C[C@@H]2O[C@](O)(C[C@@H](O)C[C@@H](O)[C@H](O)CC[C@@H](O)C[C@@H](O)CC(=O)O[C@H]1C)C[C@H](O)[C@H]2C(=O)O. The molecular weight excluding hydrogens is 851 g/mol. The molecule has 0 radical (unpaired) electrons. The molecule has 3 aliphatic heterocycles. The fraction of sp³-hybridized carbons (Fsp3) is 0.660. The Kier molecular flexibility index (Phi) is 23.6. The second-order valence-electron chi connectivity index (χ2n) is 17.6. The van der Waals surface area contributed by atoms with Crippen LogP contribution in [0.15, 0.2) is 85.1 Å². The number of aliphatic hydroxyl groups excluding tert-OH is 9. The molecule has 3 rings (SSSR count). The van der Waals surface area contributed by atoms with Crippen molar-refractivity contribution in [3.05, 3.63) is 85.1 Å². The van der Waals surface area contributed by atoms with E-state index < -0.39 is 147 Å². The van der Waals surface area contributed by atoms with Gasteiger partial charge in [0, 0.05) is 37.5 Å². The molecule has 0 aromatic heterocycles. The third-order valence-electron chi connectivity index (χ3n) is 12.0. The fourth-order valence-electron chi connectivity index (χ4n) is 7.97. The van der Waals surface area contributed by atoms with Crippen molar-refractivity contribution >= 4 is 11.9 Å². The van der Waals surface area contributed by atoms with Gasteiger partial charge in [-0.2, -0.15) is 0 Å². The highest BCUT2D eigenvalue weighted by Gasteiger charge is 2.51.